The van der Waals surface area contributed by atoms with Gasteiger partial charge in [0, 0.05) is 25.3 Å². The van der Waals surface area contributed by atoms with Crippen LogP contribution in [0.3, 0.4) is 0 Å². The minimum Gasteiger partial charge on any atom is -0.506 e. The first-order valence-corrected chi connectivity index (χ1v) is 6.86. The molecule has 0 aliphatic rings. The molecule has 1 aromatic heterocycles. The Hall–Kier alpha value is -2.76. The molecule has 22 heavy (non-hydrogen) atoms. The number of hydrogen-bond donors (Lipinski definition) is 3. The maximum Gasteiger partial charge on any atom is 0.345 e. The van der Waals surface area contributed by atoms with Crippen molar-refractivity contribution in [3.63, 3.8) is 0 Å². The molecule has 1 aromatic carbocycles. The number of anilines is 1. The van der Waals surface area contributed by atoms with E-state index in [-0.39, 0.29) is 0 Å². The van der Waals surface area contributed by atoms with Gasteiger partial charge in [0.05, 0.1) is 5.69 Å². The SMILES string of the molecule is CCc1c(-c2ccc(N(C)C)cc2)[nH]c(=O)c(C(=O)O)c1O. The standard InChI is InChI=1S/C16H18N2O4/c1-4-11-13(9-5-7-10(8-6-9)18(2)3)17-15(20)12(14(11)19)16(21)22/h5-8H,4H2,1-3H3,(H,21,22)(H2,17,19,20). The number of hydrogen-bond acceptors (Lipinski definition) is 4. The van der Waals surface area contributed by atoms with E-state index in [0.717, 1.165) is 5.69 Å². The molecule has 0 unspecified atom stereocenters. The molecule has 1 heterocycles. The third-order valence-corrected chi connectivity index (χ3v) is 3.53. The van der Waals surface area contributed by atoms with Gasteiger partial charge in [-0.05, 0) is 24.1 Å². The molecule has 0 radical (unpaired) electrons. The monoisotopic (exact) mass is 302 g/mol. The first-order chi connectivity index (χ1) is 10.4. The van der Waals surface area contributed by atoms with Crippen LogP contribution in [0.2, 0.25) is 0 Å². The summed E-state index contributed by atoms with van der Waals surface area (Å²) in [6.07, 6.45) is 0.396. The van der Waals surface area contributed by atoms with E-state index >= 15 is 0 Å². The molecular weight excluding hydrogens is 284 g/mol. The van der Waals surface area contributed by atoms with E-state index in [9.17, 15) is 14.7 Å². The van der Waals surface area contributed by atoms with E-state index in [1.807, 2.05) is 43.3 Å². The Morgan fingerprint density at radius 2 is 1.82 bits per heavy atom. The molecule has 0 atom stereocenters. The van der Waals surface area contributed by atoms with Gasteiger partial charge in [0.2, 0.25) is 0 Å². The number of H-pyrrole nitrogens is 1. The van der Waals surface area contributed by atoms with Gasteiger partial charge in [-0.25, -0.2) is 4.79 Å². The largest absolute Gasteiger partial charge is 0.506 e. The van der Waals surface area contributed by atoms with Crippen molar-refractivity contribution in [2.45, 2.75) is 13.3 Å². The minimum absolute atomic E-state index is 0.396. The zero-order valence-corrected chi connectivity index (χ0v) is 12.7. The number of aromatic amines is 1. The fraction of sp³-hybridized carbons (Fsp3) is 0.250. The third kappa shape index (κ3) is 2.67. The number of aromatic hydroxyl groups is 1. The topological polar surface area (TPSA) is 93.6 Å². The summed E-state index contributed by atoms with van der Waals surface area (Å²) in [6.45, 7) is 1.79. The van der Waals surface area contributed by atoms with E-state index in [1.54, 1.807) is 6.92 Å². The third-order valence-electron chi connectivity index (χ3n) is 3.53. The van der Waals surface area contributed by atoms with Crippen LogP contribution >= 0.6 is 0 Å². The van der Waals surface area contributed by atoms with Crippen molar-refractivity contribution in [1.29, 1.82) is 0 Å². The fourth-order valence-electron chi connectivity index (χ4n) is 2.34. The molecule has 6 nitrogen and oxygen atoms in total. The van der Waals surface area contributed by atoms with Crippen molar-refractivity contribution in [1.82, 2.24) is 4.98 Å². The van der Waals surface area contributed by atoms with Gasteiger partial charge in [0.1, 0.15) is 5.75 Å². The number of benzene rings is 1. The van der Waals surface area contributed by atoms with Crippen LogP contribution in [0, 0.1) is 0 Å². The lowest BCUT2D eigenvalue weighted by atomic mass is 10.0. The van der Waals surface area contributed by atoms with E-state index in [2.05, 4.69) is 4.98 Å². The van der Waals surface area contributed by atoms with E-state index in [0.29, 0.717) is 23.2 Å². The lowest BCUT2D eigenvalue weighted by Gasteiger charge is -2.15. The van der Waals surface area contributed by atoms with Crippen LogP contribution in [-0.2, 0) is 6.42 Å². The number of pyridine rings is 1. The number of carboxylic acids is 1. The van der Waals surface area contributed by atoms with E-state index in [1.165, 1.54) is 0 Å². The van der Waals surface area contributed by atoms with E-state index < -0.39 is 22.8 Å². The molecule has 0 fully saturated rings. The van der Waals surface area contributed by atoms with Crippen LogP contribution < -0.4 is 10.5 Å². The van der Waals surface area contributed by atoms with Crippen molar-refractivity contribution in [3.05, 3.63) is 45.7 Å². The second-order valence-electron chi connectivity index (χ2n) is 5.13. The molecule has 2 aromatic rings. The van der Waals surface area contributed by atoms with Gasteiger partial charge in [-0.2, -0.15) is 0 Å². The fourth-order valence-corrected chi connectivity index (χ4v) is 2.34. The van der Waals surface area contributed by atoms with Crippen molar-refractivity contribution in [3.8, 4) is 17.0 Å². The number of aromatic nitrogens is 1. The zero-order chi connectivity index (χ0) is 16.4. The van der Waals surface area contributed by atoms with Crippen LogP contribution in [0.4, 0.5) is 5.69 Å². The Balaban J connectivity index is 2.65. The first-order valence-electron chi connectivity index (χ1n) is 6.86. The summed E-state index contributed by atoms with van der Waals surface area (Å²) in [5.41, 5.74) is 1.14. The summed E-state index contributed by atoms with van der Waals surface area (Å²) in [5.74, 6) is -1.91. The second kappa shape index (κ2) is 5.93. The van der Waals surface area contributed by atoms with Crippen LogP contribution in [0.5, 0.6) is 5.75 Å². The summed E-state index contributed by atoms with van der Waals surface area (Å²) in [7, 11) is 3.84. The molecule has 0 amide bonds. The molecule has 2 rings (SSSR count). The van der Waals surface area contributed by atoms with Crippen molar-refractivity contribution in [2.75, 3.05) is 19.0 Å². The minimum atomic E-state index is -1.44. The number of nitrogens with zero attached hydrogens (tertiary/aromatic N) is 1. The summed E-state index contributed by atoms with van der Waals surface area (Å²) >= 11 is 0. The van der Waals surface area contributed by atoms with Gasteiger partial charge >= 0.3 is 5.97 Å². The predicted octanol–water partition coefficient (Wildman–Crippen LogP) is 2.07. The second-order valence-corrected chi connectivity index (χ2v) is 5.13. The number of carbonyl (C=O) groups is 1. The van der Waals surface area contributed by atoms with Crippen molar-refractivity contribution >= 4 is 11.7 Å². The van der Waals surface area contributed by atoms with Crippen molar-refractivity contribution < 1.29 is 15.0 Å². The molecule has 0 saturated carbocycles. The average Bonchev–Trinajstić information content (AvgIpc) is 2.46. The Morgan fingerprint density at radius 1 is 1.23 bits per heavy atom. The summed E-state index contributed by atoms with van der Waals surface area (Å²) < 4.78 is 0. The van der Waals surface area contributed by atoms with Crippen LogP contribution in [0.15, 0.2) is 29.1 Å². The highest BCUT2D eigenvalue weighted by Crippen LogP contribution is 2.30. The van der Waals surface area contributed by atoms with Gasteiger partial charge < -0.3 is 20.1 Å². The van der Waals surface area contributed by atoms with Gasteiger partial charge in [-0.1, -0.05) is 19.1 Å². The van der Waals surface area contributed by atoms with Gasteiger partial charge in [0.15, 0.2) is 5.56 Å². The van der Waals surface area contributed by atoms with Crippen LogP contribution in [-0.4, -0.2) is 35.3 Å². The summed E-state index contributed by atoms with van der Waals surface area (Å²) in [5, 5.41) is 19.2. The number of rotatable bonds is 4. The highest BCUT2D eigenvalue weighted by Gasteiger charge is 2.21. The molecule has 6 heteroatoms. The molecule has 0 aliphatic carbocycles. The molecule has 0 saturated heterocycles. The highest BCUT2D eigenvalue weighted by atomic mass is 16.4. The maximum absolute atomic E-state index is 11.9. The van der Waals surface area contributed by atoms with Crippen LogP contribution in [0.1, 0.15) is 22.8 Å². The number of carboxylic acid groups (broad SMARTS) is 1. The Morgan fingerprint density at radius 3 is 2.27 bits per heavy atom. The molecule has 0 aliphatic heterocycles. The van der Waals surface area contributed by atoms with Gasteiger partial charge in [-0.15, -0.1) is 0 Å². The smallest absolute Gasteiger partial charge is 0.345 e. The molecule has 0 spiro atoms. The summed E-state index contributed by atoms with van der Waals surface area (Å²) in [6, 6.07) is 7.41. The molecule has 116 valence electrons. The average molecular weight is 302 g/mol. The van der Waals surface area contributed by atoms with E-state index in [4.69, 9.17) is 5.11 Å². The lowest BCUT2D eigenvalue weighted by molar-refractivity contribution is 0.0691. The predicted molar refractivity (Wildman–Crippen MR) is 84.8 cm³/mol. The lowest BCUT2D eigenvalue weighted by Crippen LogP contribution is -2.20. The first kappa shape index (κ1) is 15.6. The Labute approximate surface area is 127 Å². The van der Waals surface area contributed by atoms with Gasteiger partial charge in [-0.3, -0.25) is 4.79 Å². The normalized spacial score (nSPS) is 10.5. The summed E-state index contributed by atoms with van der Waals surface area (Å²) in [4.78, 5) is 27.5. The maximum atomic E-state index is 11.9. The Kier molecular flexibility index (Phi) is 4.21. The van der Waals surface area contributed by atoms with Crippen molar-refractivity contribution in [2.24, 2.45) is 0 Å². The highest BCUT2D eigenvalue weighted by molar-refractivity contribution is 5.91. The quantitative estimate of drug-likeness (QED) is 0.804. The number of nitrogens with one attached hydrogen (secondary N) is 1. The molecule has 3 N–H and O–H groups in total. The zero-order valence-electron chi connectivity index (χ0n) is 12.7. The number of aromatic carboxylic acids is 1. The molecule has 0 bridgehead atoms. The molecular formula is C16H18N2O4. The Bertz CT molecular complexity index is 761. The van der Waals surface area contributed by atoms with Gasteiger partial charge in [0.25, 0.3) is 5.56 Å². The van der Waals surface area contributed by atoms with Crippen LogP contribution in [0.25, 0.3) is 11.3 Å².